The maximum Gasteiger partial charge on any atom is 0.316 e. The van der Waals surface area contributed by atoms with E-state index in [2.05, 4.69) is 10.1 Å². The number of anilines is 1. The van der Waals surface area contributed by atoms with E-state index >= 15 is 0 Å². The Morgan fingerprint density at radius 2 is 2.04 bits per heavy atom. The Kier molecular flexibility index (Phi) is 4.90. The molecule has 0 aliphatic carbocycles. The highest BCUT2D eigenvalue weighted by atomic mass is 32.1. The molecule has 140 valence electrons. The Hall–Kier alpha value is -3.45. The standard InChI is InChI=1S/C21H17N3O3S/c1-14-5-7-15(8-6-14)13-22-24(20(25)18-4-3-11-27-18)21-23-17-10-9-16(26-2)12-19(17)28-21/h3-13H,1-2H3/b22-13-. The summed E-state index contributed by atoms with van der Waals surface area (Å²) in [5.74, 6) is 0.534. The fourth-order valence-electron chi connectivity index (χ4n) is 2.58. The lowest BCUT2D eigenvalue weighted by Gasteiger charge is -2.11. The van der Waals surface area contributed by atoms with Crippen molar-refractivity contribution in [2.45, 2.75) is 6.92 Å². The van der Waals surface area contributed by atoms with Crippen molar-refractivity contribution < 1.29 is 13.9 Å². The minimum absolute atomic E-state index is 0.192. The molecule has 4 aromatic rings. The lowest BCUT2D eigenvalue weighted by atomic mass is 10.2. The largest absolute Gasteiger partial charge is 0.497 e. The Morgan fingerprint density at radius 1 is 1.21 bits per heavy atom. The number of hydrogen-bond acceptors (Lipinski definition) is 6. The average Bonchev–Trinajstić information content (AvgIpc) is 3.38. The summed E-state index contributed by atoms with van der Waals surface area (Å²) in [6, 6.07) is 16.7. The number of nitrogens with zero attached hydrogens (tertiary/aromatic N) is 3. The first kappa shape index (κ1) is 17.9. The molecule has 2 aromatic heterocycles. The van der Waals surface area contributed by atoms with Crippen LogP contribution in [0.5, 0.6) is 5.75 Å². The Balaban J connectivity index is 1.74. The van der Waals surface area contributed by atoms with Gasteiger partial charge in [0.15, 0.2) is 5.76 Å². The van der Waals surface area contributed by atoms with Crippen molar-refractivity contribution in [3.63, 3.8) is 0 Å². The molecule has 0 N–H and O–H groups in total. The second-order valence-electron chi connectivity index (χ2n) is 6.08. The van der Waals surface area contributed by atoms with E-state index in [-0.39, 0.29) is 11.7 Å². The SMILES string of the molecule is COc1ccc2nc(N(/N=C\c3ccc(C)cc3)C(=O)c3ccco3)sc2c1. The Morgan fingerprint density at radius 3 is 2.75 bits per heavy atom. The smallest absolute Gasteiger partial charge is 0.316 e. The molecule has 0 saturated carbocycles. The summed E-state index contributed by atoms with van der Waals surface area (Å²) in [7, 11) is 1.61. The molecule has 0 unspecified atom stereocenters. The van der Waals surface area contributed by atoms with Crippen LogP contribution in [0, 0.1) is 6.92 Å². The number of hydrazone groups is 1. The molecular formula is C21H17N3O3S. The fraction of sp³-hybridized carbons (Fsp3) is 0.0952. The zero-order valence-corrected chi connectivity index (χ0v) is 16.1. The van der Waals surface area contributed by atoms with Crippen molar-refractivity contribution in [3.05, 3.63) is 77.7 Å². The number of rotatable bonds is 5. The number of ether oxygens (including phenoxy) is 1. The summed E-state index contributed by atoms with van der Waals surface area (Å²) < 4.78 is 11.4. The van der Waals surface area contributed by atoms with Crippen LogP contribution in [0.25, 0.3) is 10.2 Å². The maximum absolute atomic E-state index is 12.9. The summed E-state index contributed by atoms with van der Waals surface area (Å²) in [6.45, 7) is 2.02. The maximum atomic E-state index is 12.9. The molecule has 4 rings (SSSR count). The van der Waals surface area contributed by atoms with Gasteiger partial charge in [0.25, 0.3) is 0 Å². The Bertz CT molecular complexity index is 1130. The van der Waals surface area contributed by atoms with E-state index in [0.717, 1.165) is 27.1 Å². The van der Waals surface area contributed by atoms with Gasteiger partial charge in [-0.25, -0.2) is 4.98 Å². The molecule has 2 aromatic carbocycles. The van der Waals surface area contributed by atoms with Gasteiger partial charge >= 0.3 is 5.91 Å². The highest BCUT2D eigenvalue weighted by molar-refractivity contribution is 7.22. The summed E-state index contributed by atoms with van der Waals surface area (Å²) in [5.41, 5.74) is 2.80. The number of carbonyl (C=O) groups excluding carboxylic acids is 1. The van der Waals surface area contributed by atoms with Crippen molar-refractivity contribution in [2.75, 3.05) is 12.1 Å². The van der Waals surface area contributed by atoms with E-state index in [4.69, 9.17) is 9.15 Å². The number of benzene rings is 2. The lowest BCUT2D eigenvalue weighted by Crippen LogP contribution is -2.25. The van der Waals surface area contributed by atoms with Gasteiger partial charge in [-0.05, 0) is 42.8 Å². The molecule has 0 spiro atoms. The van der Waals surface area contributed by atoms with E-state index in [9.17, 15) is 4.79 Å². The first-order valence-electron chi connectivity index (χ1n) is 8.57. The fourth-order valence-corrected chi connectivity index (χ4v) is 3.53. The van der Waals surface area contributed by atoms with Crippen molar-refractivity contribution in [3.8, 4) is 5.75 Å². The lowest BCUT2D eigenvalue weighted by molar-refractivity contribution is 0.0961. The number of aromatic nitrogens is 1. The average molecular weight is 391 g/mol. The monoisotopic (exact) mass is 391 g/mol. The molecule has 0 atom stereocenters. The van der Waals surface area contributed by atoms with E-state index < -0.39 is 0 Å². The first-order chi connectivity index (χ1) is 13.6. The van der Waals surface area contributed by atoms with Crippen LogP contribution in [0.3, 0.4) is 0 Å². The number of fused-ring (bicyclic) bond motifs is 1. The number of furan rings is 1. The zero-order valence-electron chi connectivity index (χ0n) is 15.3. The molecule has 0 bridgehead atoms. The van der Waals surface area contributed by atoms with Crippen LogP contribution >= 0.6 is 11.3 Å². The highest BCUT2D eigenvalue weighted by Gasteiger charge is 2.23. The van der Waals surface area contributed by atoms with E-state index in [0.29, 0.717) is 5.13 Å². The normalized spacial score (nSPS) is 11.2. The molecule has 1 amide bonds. The van der Waals surface area contributed by atoms with Gasteiger partial charge < -0.3 is 9.15 Å². The molecule has 7 heteroatoms. The van der Waals surface area contributed by atoms with E-state index in [1.165, 1.54) is 22.6 Å². The number of aryl methyl sites for hydroxylation is 1. The van der Waals surface area contributed by atoms with Gasteiger partial charge in [-0.1, -0.05) is 41.2 Å². The highest BCUT2D eigenvalue weighted by Crippen LogP contribution is 2.32. The van der Waals surface area contributed by atoms with Gasteiger partial charge in [-0.2, -0.15) is 10.1 Å². The summed E-state index contributed by atoms with van der Waals surface area (Å²) in [6.07, 6.45) is 3.09. The first-order valence-corrected chi connectivity index (χ1v) is 9.39. The third kappa shape index (κ3) is 3.65. The van der Waals surface area contributed by atoms with Gasteiger partial charge in [0.2, 0.25) is 5.13 Å². The van der Waals surface area contributed by atoms with Gasteiger partial charge in [-0.15, -0.1) is 0 Å². The molecule has 0 fully saturated rings. The van der Waals surface area contributed by atoms with Crippen molar-refractivity contribution in [1.82, 2.24) is 4.98 Å². The third-order valence-corrected chi connectivity index (χ3v) is 5.08. The zero-order chi connectivity index (χ0) is 19.5. The molecule has 28 heavy (non-hydrogen) atoms. The molecule has 0 aliphatic rings. The molecular weight excluding hydrogens is 374 g/mol. The number of hydrogen-bond donors (Lipinski definition) is 0. The summed E-state index contributed by atoms with van der Waals surface area (Å²) >= 11 is 1.36. The molecule has 6 nitrogen and oxygen atoms in total. The molecule has 0 aliphatic heterocycles. The number of carbonyl (C=O) groups is 1. The second-order valence-corrected chi connectivity index (χ2v) is 7.09. The summed E-state index contributed by atoms with van der Waals surface area (Å²) in [4.78, 5) is 17.5. The minimum atomic E-state index is -0.389. The predicted octanol–water partition coefficient (Wildman–Crippen LogP) is 4.89. The topological polar surface area (TPSA) is 67.9 Å². The van der Waals surface area contributed by atoms with E-state index in [1.807, 2.05) is 49.4 Å². The van der Waals surface area contributed by atoms with E-state index in [1.54, 1.807) is 25.5 Å². The van der Waals surface area contributed by atoms with Crippen LogP contribution in [-0.4, -0.2) is 24.2 Å². The van der Waals surface area contributed by atoms with Crippen LogP contribution in [0.4, 0.5) is 5.13 Å². The van der Waals surface area contributed by atoms with Gasteiger partial charge in [-0.3, -0.25) is 4.79 Å². The quantitative estimate of drug-likeness (QED) is 0.359. The second kappa shape index (κ2) is 7.66. The molecule has 0 saturated heterocycles. The van der Waals surface area contributed by atoms with Gasteiger partial charge in [0.1, 0.15) is 5.75 Å². The van der Waals surface area contributed by atoms with Crippen LogP contribution in [0.2, 0.25) is 0 Å². The minimum Gasteiger partial charge on any atom is -0.497 e. The van der Waals surface area contributed by atoms with Gasteiger partial charge in [0, 0.05) is 0 Å². The Labute approximate surface area is 165 Å². The molecule has 2 heterocycles. The van der Waals surface area contributed by atoms with Crippen LogP contribution < -0.4 is 9.75 Å². The number of methoxy groups -OCH3 is 1. The van der Waals surface area contributed by atoms with Crippen molar-refractivity contribution in [1.29, 1.82) is 0 Å². The van der Waals surface area contributed by atoms with Crippen molar-refractivity contribution in [2.24, 2.45) is 5.10 Å². The summed E-state index contributed by atoms with van der Waals surface area (Å²) in [5, 5.41) is 6.11. The van der Waals surface area contributed by atoms with Gasteiger partial charge in [0.05, 0.1) is 29.8 Å². The van der Waals surface area contributed by atoms with Crippen LogP contribution in [-0.2, 0) is 0 Å². The molecule has 0 radical (unpaired) electrons. The van der Waals surface area contributed by atoms with Crippen LogP contribution in [0.15, 0.2) is 70.4 Å². The van der Waals surface area contributed by atoms with Crippen LogP contribution in [0.1, 0.15) is 21.7 Å². The third-order valence-electron chi connectivity index (χ3n) is 4.09. The number of thiazole rings is 1. The predicted molar refractivity (Wildman–Crippen MR) is 110 cm³/mol. The van der Waals surface area contributed by atoms with Crippen molar-refractivity contribution >= 4 is 38.8 Å². The number of amides is 1.